The van der Waals surface area contributed by atoms with Crippen LogP contribution in [0.15, 0.2) is 11.6 Å². The highest BCUT2D eigenvalue weighted by molar-refractivity contribution is 14.1. The molecule has 0 N–H and O–H groups in total. The molecule has 3 aliphatic rings. The van der Waals surface area contributed by atoms with Crippen LogP contribution >= 0.6 is 22.6 Å². The van der Waals surface area contributed by atoms with Gasteiger partial charge in [0.2, 0.25) is 0 Å². The van der Waals surface area contributed by atoms with Gasteiger partial charge in [0.15, 0.2) is 0 Å². The largest absolute Gasteiger partial charge is 0.372 e. The van der Waals surface area contributed by atoms with Crippen molar-refractivity contribution in [1.82, 2.24) is 0 Å². The maximum absolute atomic E-state index is 6.03. The summed E-state index contributed by atoms with van der Waals surface area (Å²) in [5.74, 6) is 0. The highest BCUT2D eigenvalue weighted by Gasteiger charge is 2.48. The van der Waals surface area contributed by atoms with Gasteiger partial charge in [-0.2, -0.15) is 0 Å². The molecule has 1 heterocycles. The second kappa shape index (κ2) is 3.48. The number of hydrogen-bond acceptors (Lipinski definition) is 1. The first-order valence-electron chi connectivity index (χ1n) is 5.78. The zero-order valence-electron chi connectivity index (χ0n) is 8.47. The van der Waals surface area contributed by atoms with Crippen LogP contribution in [0, 0.1) is 5.41 Å². The summed E-state index contributed by atoms with van der Waals surface area (Å²) in [5, 5.41) is 0. The summed E-state index contributed by atoms with van der Waals surface area (Å²) in [7, 11) is 0. The third-order valence-electron chi connectivity index (χ3n) is 4.15. The molecule has 1 saturated heterocycles. The number of ether oxygens (including phenoxy) is 1. The van der Waals surface area contributed by atoms with Gasteiger partial charge >= 0.3 is 0 Å². The molecule has 2 fully saturated rings. The van der Waals surface area contributed by atoms with E-state index < -0.39 is 0 Å². The van der Waals surface area contributed by atoms with E-state index in [1.165, 1.54) is 38.5 Å². The minimum absolute atomic E-state index is 0.471. The molecule has 0 spiro atoms. The number of rotatable bonds is 0. The molecule has 0 aromatic heterocycles. The van der Waals surface area contributed by atoms with Crippen LogP contribution in [0.4, 0.5) is 0 Å². The molecular formula is C12H17IO. The molecule has 0 amide bonds. The predicted octanol–water partition coefficient (Wildman–Crippen LogP) is 3.47. The molecule has 3 rings (SSSR count). The van der Waals surface area contributed by atoms with Crippen LogP contribution in [-0.4, -0.2) is 16.6 Å². The number of halogens is 1. The molecule has 2 bridgehead atoms. The van der Waals surface area contributed by atoms with Gasteiger partial charge in [-0.25, -0.2) is 0 Å². The highest BCUT2D eigenvalue weighted by atomic mass is 127. The van der Waals surface area contributed by atoms with Crippen LogP contribution in [0.2, 0.25) is 0 Å². The van der Waals surface area contributed by atoms with Gasteiger partial charge in [0.1, 0.15) is 0 Å². The van der Waals surface area contributed by atoms with Crippen LogP contribution in [0.3, 0.4) is 0 Å². The molecule has 1 aliphatic heterocycles. The van der Waals surface area contributed by atoms with Crippen molar-refractivity contribution in [2.75, 3.05) is 6.61 Å². The van der Waals surface area contributed by atoms with E-state index in [2.05, 4.69) is 28.7 Å². The first-order valence-corrected chi connectivity index (χ1v) is 7.03. The van der Waals surface area contributed by atoms with E-state index in [-0.39, 0.29) is 0 Å². The first-order chi connectivity index (χ1) is 6.82. The van der Waals surface area contributed by atoms with E-state index in [1.54, 1.807) is 5.57 Å². The first kappa shape index (κ1) is 9.64. The maximum atomic E-state index is 6.03. The Morgan fingerprint density at radius 1 is 1.36 bits per heavy atom. The fourth-order valence-corrected chi connectivity index (χ4v) is 4.43. The highest BCUT2D eigenvalue weighted by Crippen LogP contribution is 2.53. The smallest absolute Gasteiger partial charge is 0.0909 e. The lowest BCUT2D eigenvalue weighted by molar-refractivity contribution is 0.0798. The normalized spacial score (nSPS) is 46.8. The zero-order valence-corrected chi connectivity index (χ0v) is 10.6. The monoisotopic (exact) mass is 304 g/mol. The third-order valence-corrected chi connectivity index (χ3v) is 5.42. The van der Waals surface area contributed by atoms with E-state index in [9.17, 15) is 0 Å². The fraction of sp³-hybridized carbons (Fsp3) is 0.833. The molecule has 1 saturated carbocycles. The van der Waals surface area contributed by atoms with Crippen molar-refractivity contribution in [3.8, 4) is 0 Å². The second-order valence-electron chi connectivity index (χ2n) is 4.97. The van der Waals surface area contributed by atoms with Crippen molar-refractivity contribution in [3.05, 3.63) is 11.6 Å². The number of hydrogen-bond donors (Lipinski definition) is 0. The average Bonchev–Trinajstić information content (AvgIpc) is 2.49. The van der Waals surface area contributed by atoms with Crippen molar-refractivity contribution in [3.63, 3.8) is 0 Å². The van der Waals surface area contributed by atoms with E-state index in [1.807, 2.05) is 0 Å². The number of allylic oxidation sites excluding steroid dienone is 1. The molecule has 3 atom stereocenters. The van der Waals surface area contributed by atoms with Gasteiger partial charge in [-0.3, -0.25) is 0 Å². The Morgan fingerprint density at radius 2 is 2.21 bits per heavy atom. The Hall–Kier alpha value is 0.430. The van der Waals surface area contributed by atoms with Crippen molar-refractivity contribution < 1.29 is 4.74 Å². The van der Waals surface area contributed by atoms with Crippen molar-refractivity contribution in [2.45, 2.75) is 48.6 Å². The molecule has 78 valence electrons. The molecule has 0 radical (unpaired) electrons. The van der Waals surface area contributed by atoms with Crippen molar-refractivity contribution in [2.24, 2.45) is 5.41 Å². The van der Waals surface area contributed by atoms with E-state index in [4.69, 9.17) is 4.74 Å². The molecule has 1 nitrogen and oxygen atoms in total. The lowest BCUT2D eigenvalue weighted by Gasteiger charge is -2.32. The molecule has 0 aromatic rings. The molecule has 2 aliphatic carbocycles. The predicted molar refractivity (Wildman–Crippen MR) is 65.8 cm³/mol. The molecule has 2 heteroatoms. The van der Waals surface area contributed by atoms with Gasteiger partial charge in [0.05, 0.1) is 12.7 Å². The van der Waals surface area contributed by atoms with Crippen LogP contribution in [-0.2, 0) is 4.74 Å². The summed E-state index contributed by atoms with van der Waals surface area (Å²) in [6, 6.07) is 0. The Morgan fingerprint density at radius 3 is 3.14 bits per heavy atom. The SMILES string of the molecule is I[C@H]1CCC[C@@]23CCCC=C2[C@@H]1OC3. The third kappa shape index (κ3) is 1.29. The molecule has 14 heavy (non-hydrogen) atoms. The van der Waals surface area contributed by atoms with Crippen molar-refractivity contribution >= 4 is 22.6 Å². The van der Waals surface area contributed by atoms with Gasteiger partial charge in [-0.15, -0.1) is 0 Å². The Bertz CT molecular complexity index is 273. The second-order valence-corrected chi connectivity index (χ2v) is 6.57. The van der Waals surface area contributed by atoms with Crippen LogP contribution in [0.5, 0.6) is 0 Å². The maximum Gasteiger partial charge on any atom is 0.0909 e. The zero-order chi connectivity index (χ0) is 9.60. The van der Waals surface area contributed by atoms with Gasteiger partial charge in [0.25, 0.3) is 0 Å². The van der Waals surface area contributed by atoms with Crippen LogP contribution < -0.4 is 0 Å². The summed E-state index contributed by atoms with van der Waals surface area (Å²) < 4.78 is 6.75. The lowest BCUT2D eigenvalue weighted by Crippen LogP contribution is -2.26. The quantitative estimate of drug-likeness (QED) is 0.378. The van der Waals surface area contributed by atoms with Crippen LogP contribution in [0.25, 0.3) is 0 Å². The van der Waals surface area contributed by atoms with E-state index in [0.29, 0.717) is 11.5 Å². The summed E-state index contributed by atoms with van der Waals surface area (Å²) in [4.78, 5) is 0. The van der Waals surface area contributed by atoms with Gasteiger partial charge in [-0.05, 0) is 37.7 Å². The topological polar surface area (TPSA) is 9.23 Å². The van der Waals surface area contributed by atoms with Gasteiger partial charge in [0, 0.05) is 9.34 Å². The minimum atomic E-state index is 0.471. The minimum Gasteiger partial charge on any atom is -0.372 e. The van der Waals surface area contributed by atoms with Gasteiger partial charge in [-0.1, -0.05) is 35.1 Å². The van der Waals surface area contributed by atoms with Crippen molar-refractivity contribution in [1.29, 1.82) is 0 Å². The van der Waals surface area contributed by atoms with E-state index >= 15 is 0 Å². The average molecular weight is 304 g/mol. The summed E-state index contributed by atoms with van der Waals surface area (Å²) in [5.41, 5.74) is 2.17. The molecular weight excluding hydrogens is 287 g/mol. The summed E-state index contributed by atoms with van der Waals surface area (Å²) >= 11 is 2.59. The van der Waals surface area contributed by atoms with E-state index in [0.717, 1.165) is 10.5 Å². The Labute approximate surface area is 99.4 Å². The lowest BCUT2D eigenvalue weighted by atomic mass is 9.71. The number of alkyl halides is 1. The standard InChI is InChI=1S/C12H17IO/c13-10-5-3-7-12-6-2-1-4-9(12)11(10)14-8-12/h4,10-11H,1-3,5-8H2/t10-,11-,12+/m0/s1. The van der Waals surface area contributed by atoms with Crippen LogP contribution in [0.1, 0.15) is 38.5 Å². The Balaban J connectivity index is 2.01. The van der Waals surface area contributed by atoms with Gasteiger partial charge < -0.3 is 4.74 Å². The summed E-state index contributed by atoms with van der Waals surface area (Å²) in [6.07, 6.45) is 11.2. The summed E-state index contributed by atoms with van der Waals surface area (Å²) in [6.45, 7) is 1.02. The molecule has 0 aromatic carbocycles. The molecule has 0 unspecified atom stereocenters. The Kier molecular flexibility index (Phi) is 2.39. The fourth-order valence-electron chi connectivity index (χ4n) is 3.40.